The average Bonchev–Trinajstić information content (AvgIpc) is 2.87. The van der Waals surface area contributed by atoms with Gasteiger partial charge in [-0.3, -0.25) is 4.40 Å². The number of aromatic nitrogens is 2. The summed E-state index contributed by atoms with van der Waals surface area (Å²) in [5.41, 5.74) is 6.85. The minimum Gasteiger partial charge on any atom is -0.385 e. The van der Waals surface area contributed by atoms with Gasteiger partial charge in [0.05, 0.1) is 11.6 Å². The lowest BCUT2D eigenvalue weighted by Gasteiger charge is -2.10. The lowest BCUT2D eigenvalue weighted by molar-refractivity contribution is 0.604. The summed E-state index contributed by atoms with van der Waals surface area (Å²) in [7, 11) is 0. The van der Waals surface area contributed by atoms with Crippen molar-refractivity contribution in [2.24, 2.45) is 0 Å². The van der Waals surface area contributed by atoms with Crippen LogP contribution < -0.4 is 11.1 Å². The lowest BCUT2D eigenvalue weighted by Crippen LogP contribution is -2.16. The molecule has 0 aromatic carbocycles. The Morgan fingerprint density at radius 2 is 2.38 bits per heavy atom. The zero-order chi connectivity index (χ0) is 11.1. The number of halogens is 1. The van der Waals surface area contributed by atoms with Gasteiger partial charge >= 0.3 is 0 Å². The second-order valence-electron chi connectivity index (χ2n) is 4.08. The maximum absolute atomic E-state index is 6.11. The fourth-order valence-corrected chi connectivity index (χ4v) is 2.52. The van der Waals surface area contributed by atoms with E-state index in [1.54, 1.807) is 0 Å². The molecule has 1 saturated heterocycles. The molecule has 0 amide bonds. The molecule has 0 spiro atoms. The van der Waals surface area contributed by atoms with Crippen LogP contribution in [0.3, 0.4) is 0 Å². The third-order valence-corrected chi connectivity index (χ3v) is 3.32. The van der Waals surface area contributed by atoms with Crippen LogP contribution in [-0.4, -0.2) is 15.9 Å². The molecule has 0 saturated carbocycles. The Morgan fingerprint density at radius 3 is 3.12 bits per heavy atom. The number of imidazole rings is 1. The Balaban J connectivity index is 2.24. The Kier molecular flexibility index (Phi) is 2.26. The number of nitrogens with one attached hydrogen (secondary N) is 1. The van der Waals surface area contributed by atoms with E-state index in [1.165, 1.54) is 6.42 Å². The molecule has 1 unspecified atom stereocenters. The van der Waals surface area contributed by atoms with Crippen LogP contribution in [0.1, 0.15) is 24.7 Å². The largest absolute Gasteiger partial charge is 0.385 e. The molecule has 2 aromatic heterocycles. The topological polar surface area (TPSA) is 55.3 Å². The van der Waals surface area contributed by atoms with Crippen LogP contribution >= 0.6 is 11.6 Å². The van der Waals surface area contributed by atoms with Crippen LogP contribution in [0.2, 0.25) is 5.15 Å². The Hall–Kier alpha value is -1.26. The number of nitrogens with zero attached hydrogens (tertiary/aromatic N) is 2. The van der Waals surface area contributed by atoms with Crippen LogP contribution in [0.4, 0.5) is 5.82 Å². The maximum atomic E-state index is 6.11. The number of nitrogens with two attached hydrogens (primary N) is 1. The molecule has 0 bridgehead atoms. The van der Waals surface area contributed by atoms with Crippen molar-refractivity contribution in [3.8, 4) is 0 Å². The summed E-state index contributed by atoms with van der Waals surface area (Å²) in [5.74, 6) is 1.61. The Bertz CT molecular complexity index is 528. The van der Waals surface area contributed by atoms with Gasteiger partial charge in [0.25, 0.3) is 0 Å². The molecule has 1 aliphatic rings. The van der Waals surface area contributed by atoms with E-state index >= 15 is 0 Å². The number of hydrogen-bond donors (Lipinski definition) is 2. The third kappa shape index (κ3) is 1.37. The quantitative estimate of drug-likeness (QED) is 0.796. The minimum atomic E-state index is 0.268. The van der Waals surface area contributed by atoms with Crippen molar-refractivity contribution in [1.82, 2.24) is 14.7 Å². The van der Waals surface area contributed by atoms with Gasteiger partial charge < -0.3 is 11.1 Å². The summed E-state index contributed by atoms with van der Waals surface area (Å²) in [4.78, 5) is 4.42. The number of rotatable bonds is 1. The van der Waals surface area contributed by atoms with Crippen LogP contribution in [0.15, 0.2) is 18.2 Å². The number of nitrogen functional groups attached to an aromatic ring is 1. The van der Waals surface area contributed by atoms with E-state index in [-0.39, 0.29) is 6.04 Å². The summed E-state index contributed by atoms with van der Waals surface area (Å²) >= 11 is 6.11. The van der Waals surface area contributed by atoms with Gasteiger partial charge in [0.2, 0.25) is 0 Å². The highest BCUT2D eigenvalue weighted by Gasteiger charge is 2.23. The van der Waals surface area contributed by atoms with Crippen molar-refractivity contribution in [3.05, 3.63) is 29.2 Å². The number of hydrogen-bond acceptors (Lipinski definition) is 3. The van der Waals surface area contributed by atoms with E-state index in [4.69, 9.17) is 17.3 Å². The highest BCUT2D eigenvalue weighted by atomic mass is 35.5. The van der Waals surface area contributed by atoms with E-state index < -0.39 is 0 Å². The van der Waals surface area contributed by atoms with Crippen molar-refractivity contribution >= 4 is 22.9 Å². The third-order valence-electron chi connectivity index (χ3n) is 3.05. The summed E-state index contributed by atoms with van der Waals surface area (Å²) in [6, 6.07) is 5.96. The monoisotopic (exact) mass is 236 g/mol. The summed E-state index contributed by atoms with van der Waals surface area (Å²) in [6.45, 7) is 1.03. The number of pyridine rings is 1. The standard InChI is InChI=1S/C11H13ClN4/c12-10-8-4-1-5-9(13)16(8)11(15-10)7-3-2-6-14-7/h1,4-5,7,14H,2-3,6,13H2. The van der Waals surface area contributed by atoms with Crippen molar-refractivity contribution in [3.63, 3.8) is 0 Å². The molecule has 1 fully saturated rings. The predicted octanol–water partition coefficient (Wildman–Crippen LogP) is 1.99. The molecule has 16 heavy (non-hydrogen) atoms. The van der Waals surface area contributed by atoms with Crippen LogP contribution in [-0.2, 0) is 0 Å². The fourth-order valence-electron chi connectivity index (χ4n) is 2.29. The molecule has 3 rings (SSSR count). The SMILES string of the molecule is Nc1cccc2c(Cl)nc(C3CCCN3)n12. The van der Waals surface area contributed by atoms with Crippen molar-refractivity contribution in [2.75, 3.05) is 12.3 Å². The van der Waals surface area contributed by atoms with E-state index in [9.17, 15) is 0 Å². The van der Waals surface area contributed by atoms with E-state index in [0.29, 0.717) is 11.0 Å². The molecule has 2 aromatic rings. The lowest BCUT2D eigenvalue weighted by atomic mass is 10.2. The molecule has 5 heteroatoms. The van der Waals surface area contributed by atoms with Gasteiger partial charge in [-0.05, 0) is 31.5 Å². The first kappa shape index (κ1) is 9.93. The first-order valence-corrected chi connectivity index (χ1v) is 5.81. The maximum Gasteiger partial charge on any atom is 0.155 e. The zero-order valence-electron chi connectivity index (χ0n) is 8.78. The first-order chi connectivity index (χ1) is 7.77. The molecule has 1 aliphatic heterocycles. The van der Waals surface area contributed by atoms with E-state index in [1.807, 2.05) is 22.6 Å². The summed E-state index contributed by atoms with van der Waals surface area (Å²) < 4.78 is 1.94. The Morgan fingerprint density at radius 1 is 1.50 bits per heavy atom. The molecule has 3 N–H and O–H groups in total. The van der Waals surface area contributed by atoms with Crippen molar-refractivity contribution in [2.45, 2.75) is 18.9 Å². The Labute approximate surface area is 98.4 Å². The van der Waals surface area contributed by atoms with Crippen LogP contribution in [0.25, 0.3) is 5.52 Å². The highest BCUT2D eigenvalue weighted by molar-refractivity contribution is 6.32. The number of fused-ring (bicyclic) bond motifs is 1. The van der Waals surface area contributed by atoms with E-state index in [2.05, 4.69) is 10.3 Å². The first-order valence-electron chi connectivity index (χ1n) is 5.43. The van der Waals surface area contributed by atoms with Crippen molar-refractivity contribution < 1.29 is 0 Å². The molecule has 0 radical (unpaired) electrons. The van der Waals surface area contributed by atoms with Gasteiger partial charge in [0.15, 0.2) is 5.15 Å². The van der Waals surface area contributed by atoms with E-state index in [0.717, 1.165) is 24.3 Å². The summed E-state index contributed by atoms with van der Waals surface area (Å²) in [6.07, 6.45) is 2.26. The van der Waals surface area contributed by atoms with Crippen molar-refractivity contribution in [1.29, 1.82) is 0 Å². The molecular weight excluding hydrogens is 224 g/mol. The molecule has 84 valence electrons. The predicted molar refractivity (Wildman–Crippen MR) is 64.6 cm³/mol. The normalized spacial score (nSPS) is 20.7. The van der Waals surface area contributed by atoms with Gasteiger partial charge in [-0.15, -0.1) is 0 Å². The molecule has 0 aliphatic carbocycles. The van der Waals surface area contributed by atoms with Gasteiger partial charge in [-0.2, -0.15) is 0 Å². The second-order valence-corrected chi connectivity index (χ2v) is 4.44. The molecule has 1 atom stereocenters. The van der Waals surface area contributed by atoms with Gasteiger partial charge in [-0.25, -0.2) is 4.98 Å². The molecule has 3 heterocycles. The van der Waals surface area contributed by atoms with Gasteiger partial charge in [0, 0.05) is 0 Å². The molecular formula is C11H13ClN4. The van der Waals surface area contributed by atoms with Gasteiger partial charge in [0.1, 0.15) is 11.6 Å². The van der Waals surface area contributed by atoms with Crippen LogP contribution in [0.5, 0.6) is 0 Å². The highest BCUT2D eigenvalue weighted by Crippen LogP contribution is 2.28. The minimum absolute atomic E-state index is 0.268. The smallest absolute Gasteiger partial charge is 0.155 e. The average molecular weight is 237 g/mol. The number of anilines is 1. The second kappa shape index (κ2) is 3.64. The molecule has 4 nitrogen and oxygen atoms in total. The van der Waals surface area contributed by atoms with Gasteiger partial charge in [-0.1, -0.05) is 17.7 Å². The zero-order valence-corrected chi connectivity index (χ0v) is 9.54. The fraction of sp³-hybridized carbons (Fsp3) is 0.364. The van der Waals surface area contributed by atoms with Crippen LogP contribution in [0, 0.1) is 0 Å². The summed E-state index contributed by atoms with van der Waals surface area (Å²) in [5, 5.41) is 3.93.